The number of carbonyl (C=O) groups is 2. The highest BCUT2D eigenvalue weighted by Crippen LogP contribution is 2.24. The minimum atomic E-state index is -4.79. The number of ether oxygens (including phenoxy) is 3. The molecule has 3 aromatic heterocycles. The number of rotatable bonds is 7. The lowest BCUT2D eigenvalue weighted by molar-refractivity contribution is 0.0596. The van der Waals surface area contributed by atoms with E-state index in [1.165, 1.54) is 38.7 Å². The summed E-state index contributed by atoms with van der Waals surface area (Å²) in [6, 6.07) is 1.49. The van der Waals surface area contributed by atoms with Gasteiger partial charge in [-0.25, -0.2) is 19.6 Å². The van der Waals surface area contributed by atoms with E-state index in [-0.39, 0.29) is 22.0 Å². The molecule has 0 aliphatic heterocycles. The molecule has 15 nitrogen and oxygen atoms in total. The molecule has 3 aromatic rings. The third-order valence-corrected chi connectivity index (χ3v) is 5.38. The van der Waals surface area contributed by atoms with Crippen molar-refractivity contribution in [1.29, 1.82) is 0 Å². The molecule has 3 rings (SSSR count). The Kier molecular flexibility index (Phi) is 6.43. The number of esters is 1. The number of sulfonamides is 1. The lowest BCUT2D eigenvalue weighted by atomic mass is 10.4. The maximum absolute atomic E-state index is 13.3. The minimum Gasteiger partial charge on any atom is -0.481 e. The summed E-state index contributed by atoms with van der Waals surface area (Å²) >= 11 is 0. The van der Waals surface area contributed by atoms with Crippen LogP contribution in [0.1, 0.15) is 10.4 Å². The van der Waals surface area contributed by atoms with Crippen molar-refractivity contribution in [3.05, 3.63) is 36.3 Å². The van der Waals surface area contributed by atoms with E-state index in [0.717, 1.165) is 13.3 Å². The normalized spacial score (nSPS) is 10.8. The summed E-state index contributed by atoms with van der Waals surface area (Å²) in [5.74, 6) is -1.77. The quantitative estimate of drug-likeness (QED) is 0.453. The Morgan fingerprint density at radius 1 is 1.06 bits per heavy atom. The van der Waals surface area contributed by atoms with Gasteiger partial charge in [-0.15, -0.1) is 4.31 Å². The topological polar surface area (TPSA) is 191 Å². The Hall–Kier alpha value is -4.34. The number of anilines is 2. The minimum absolute atomic E-state index is 0.0408. The first-order valence-corrected chi connectivity index (χ1v) is 9.98. The second-order valence-electron chi connectivity index (χ2n) is 5.63. The highest BCUT2D eigenvalue weighted by atomic mass is 32.2. The summed E-state index contributed by atoms with van der Waals surface area (Å²) in [6.45, 7) is 0. The molecular weight excluding hydrogens is 448 g/mol. The van der Waals surface area contributed by atoms with Crippen LogP contribution in [0.5, 0.6) is 11.8 Å². The molecule has 168 valence electrons. The molecule has 0 aliphatic carbocycles. The number of aromatic amines is 1. The van der Waals surface area contributed by atoms with Gasteiger partial charge in [0, 0.05) is 12.4 Å². The van der Waals surface area contributed by atoms with Gasteiger partial charge in [-0.05, 0) is 6.07 Å². The van der Waals surface area contributed by atoms with Crippen molar-refractivity contribution in [3.63, 3.8) is 0 Å². The van der Waals surface area contributed by atoms with Crippen molar-refractivity contribution >= 4 is 33.9 Å². The Labute approximate surface area is 180 Å². The van der Waals surface area contributed by atoms with Crippen LogP contribution in [0, 0.1) is 0 Å². The average Bonchev–Trinajstić information content (AvgIpc) is 3.30. The fourth-order valence-electron chi connectivity index (χ4n) is 2.34. The van der Waals surface area contributed by atoms with E-state index >= 15 is 0 Å². The van der Waals surface area contributed by atoms with Crippen LogP contribution in [0.4, 0.5) is 16.7 Å². The molecule has 3 heterocycles. The Balaban J connectivity index is 2.08. The SMILES string of the molecule is COC(=O)c1cn[nH]c1S(=O)(=O)N(C(=O)Nc1nc(OC)cc(OC)n1)c1ncccn1. The molecule has 0 unspecified atom stereocenters. The third kappa shape index (κ3) is 4.38. The number of nitrogens with zero attached hydrogens (tertiary/aromatic N) is 6. The van der Waals surface area contributed by atoms with E-state index in [1.54, 1.807) is 0 Å². The molecule has 2 N–H and O–H groups in total. The monoisotopic (exact) mass is 464 g/mol. The number of amides is 2. The lowest BCUT2D eigenvalue weighted by Crippen LogP contribution is -2.42. The van der Waals surface area contributed by atoms with Gasteiger partial charge in [0.25, 0.3) is 10.0 Å². The maximum atomic E-state index is 13.3. The van der Waals surface area contributed by atoms with Crippen LogP contribution in [0.15, 0.2) is 35.7 Å². The first-order chi connectivity index (χ1) is 15.3. The van der Waals surface area contributed by atoms with Crippen molar-refractivity contribution in [2.45, 2.75) is 5.03 Å². The zero-order valence-corrected chi connectivity index (χ0v) is 17.7. The first-order valence-electron chi connectivity index (χ1n) is 8.54. The van der Waals surface area contributed by atoms with Crippen molar-refractivity contribution in [2.75, 3.05) is 31.0 Å². The van der Waals surface area contributed by atoms with Crippen LogP contribution in [0.25, 0.3) is 0 Å². The van der Waals surface area contributed by atoms with Gasteiger partial charge in [0.15, 0.2) is 5.03 Å². The summed E-state index contributed by atoms with van der Waals surface area (Å²) in [5, 5.41) is 7.24. The van der Waals surface area contributed by atoms with Gasteiger partial charge in [-0.1, -0.05) is 0 Å². The van der Waals surface area contributed by atoms with Gasteiger partial charge in [0.05, 0.1) is 33.6 Å². The number of hydrogen-bond acceptors (Lipinski definition) is 12. The smallest absolute Gasteiger partial charge is 0.345 e. The molecule has 0 bridgehead atoms. The molecule has 0 atom stereocenters. The highest BCUT2D eigenvalue weighted by Gasteiger charge is 2.38. The molecule has 0 saturated heterocycles. The number of nitrogens with one attached hydrogen (secondary N) is 2. The van der Waals surface area contributed by atoms with Crippen LogP contribution in [0.3, 0.4) is 0 Å². The van der Waals surface area contributed by atoms with Gasteiger partial charge in [0.2, 0.25) is 23.7 Å². The Morgan fingerprint density at radius 3 is 2.25 bits per heavy atom. The number of H-pyrrole nitrogens is 1. The van der Waals surface area contributed by atoms with Crippen LogP contribution in [0.2, 0.25) is 0 Å². The summed E-state index contributed by atoms with van der Waals surface area (Å²) in [4.78, 5) is 40.5. The van der Waals surface area contributed by atoms with Crippen molar-refractivity contribution in [1.82, 2.24) is 30.1 Å². The van der Waals surface area contributed by atoms with Crippen molar-refractivity contribution in [3.8, 4) is 11.8 Å². The summed E-state index contributed by atoms with van der Waals surface area (Å²) in [7, 11) is -1.07. The summed E-state index contributed by atoms with van der Waals surface area (Å²) < 4.78 is 41.4. The molecular formula is C16H16N8O7S. The average molecular weight is 464 g/mol. The van der Waals surface area contributed by atoms with Crippen LogP contribution < -0.4 is 19.1 Å². The molecule has 16 heteroatoms. The molecule has 0 aromatic carbocycles. The number of methoxy groups -OCH3 is 3. The predicted octanol–water partition coefficient (Wildman–Crippen LogP) is 0.221. The molecule has 0 radical (unpaired) electrons. The molecule has 2 amide bonds. The highest BCUT2D eigenvalue weighted by molar-refractivity contribution is 7.93. The van der Waals surface area contributed by atoms with Crippen molar-refractivity contribution in [2.24, 2.45) is 0 Å². The standard InChI is InChI=1S/C16H16N8O7S/c1-29-10-7-11(30-2)21-14(20-10)22-16(26)24(15-17-5-4-6-18-15)32(27,28)12-9(8-19-23-12)13(25)31-3/h4-8H,1-3H3,(H,19,23)(H,20,21,22,26). The molecule has 0 saturated carbocycles. The Bertz CT molecular complexity index is 1210. The fourth-order valence-corrected chi connectivity index (χ4v) is 3.67. The van der Waals surface area contributed by atoms with E-state index in [0.29, 0.717) is 0 Å². The largest absolute Gasteiger partial charge is 0.481 e. The fraction of sp³-hybridized carbons (Fsp3) is 0.188. The number of urea groups is 1. The predicted molar refractivity (Wildman–Crippen MR) is 106 cm³/mol. The van der Waals surface area contributed by atoms with Gasteiger partial charge in [0.1, 0.15) is 5.56 Å². The Morgan fingerprint density at radius 2 is 1.69 bits per heavy atom. The zero-order chi connectivity index (χ0) is 23.3. The zero-order valence-electron chi connectivity index (χ0n) is 16.8. The third-order valence-electron chi connectivity index (χ3n) is 3.74. The second kappa shape index (κ2) is 9.21. The van der Waals surface area contributed by atoms with Crippen LogP contribution in [-0.2, 0) is 14.8 Å². The summed E-state index contributed by atoms with van der Waals surface area (Å²) in [5.41, 5.74) is -0.430. The number of aromatic nitrogens is 6. The first kappa shape index (κ1) is 22.3. The van der Waals surface area contributed by atoms with Crippen molar-refractivity contribution < 1.29 is 32.2 Å². The number of hydrogen-bond donors (Lipinski definition) is 2. The van der Waals surface area contributed by atoms with Crippen LogP contribution >= 0.6 is 0 Å². The van der Waals surface area contributed by atoms with Gasteiger partial charge in [-0.2, -0.15) is 23.5 Å². The lowest BCUT2D eigenvalue weighted by Gasteiger charge is -2.20. The van der Waals surface area contributed by atoms with Gasteiger partial charge in [-0.3, -0.25) is 10.4 Å². The van der Waals surface area contributed by atoms with E-state index < -0.39 is 38.6 Å². The van der Waals surface area contributed by atoms with Gasteiger partial charge < -0.3 is 14.2 Å². The molecule has 0 spiro atoms. The second-order valence-corrected chi connectivity index (χ2v) is 7.35. The molecule has 32 heavy (non-hydrogen) atoms. The van der Waals surface area contributed by atoms with E-state index in [4.69, 9.17) is 9.47 Å². The maximum Gasteiger partial charge on any atom is 0.345 e. The van der Waals surface area contributed by atoms with E-state index in [9.17, 15) is 18.0 Å². The van der Waals surface area contributed by atoms with E-state index in [1.807, 2.05) is 0 Å². The summed E-state index contributed by atoms with van der Waals surface area (Å²) in [6.07, 6.45) is 3.38. The van der Waals surface area contributed by atoms with Gasteiger partial charge >= 0.3 is 12.0 Å². The number of carbonyl (C=O) groups excluding carboxylic acids is 2. The van der Waals surface area contributed by atoms with E-state index in [2.05, 4.69) is 40.2 Å². The molecule has 0 aliphatic rings. The molecule has 0 fully saturated rings. The van der Waals surface area contributed by atoms with Crippen LogP contribution in [-0.4, -0.2) is 71.9 Å².